The number of hydrogen-bond donors (Lipinski definition) is 0. The zero-order chi connectivity index (χ0) is 11.3. The molecular formula is C12H15NO2. The number of nitrogens with zero attached hydrogens (tertiary/aromatic N) is 1. The molecule has 3 heteroatoms. The lowest BCUT2D eigenvalue weighted by molar-refractivity contribution is -0.156. The number of carbonyl (C=O) groups excluding carboxylic acids is 1. The molecule has 15 heavy (non-hydrogen) atoms. The van der Waals surface area contributed by atoms with Crippen molar-refractivity contribution in [3.63, 3.8) is 0 Å². The van der Waals surface area contributed by atoms with Crippen LogP contribution in [0.5, 0.6) is 0 Å². The van der Waals surface area contributed by atoms with Crippen molar-refractivity contribution in [1.82, 2.24) is 4.98 Å². The first-order valence-corrected chi connectivity index (χ1v) is 4.80. The predicted octanol–water partition coefficient (Wildman–Crippen LogP) is 2.44. The maximum Gasteiger partial charge on any atom is 0.303 e. The van der Waals surface area contributed by atoms with E-state index in [2.05, 4.69) is 11.6 Å². The van der Waals surface area contributed by atoms with Gasteiger partial charge in [0.1, 0.15) is 0 Å². The van der Waals surface area contributed by atoms with Crippen LogP contribution in [0.4, 0.5) is 0 Å². The van der Waals surface area contributed by atoms with E-state index in [9.17, 15) is 4.79 Å². The van der Waals surface area contributed by atoms with E-state index in [1.54, 1.807) is 12.3 Å². The average molecular weight is 205 g/mol. The van der Waals surface area contributed by atoms with Crippen molar-refractivity contribution in [1.29, 1.82) is 0 Å². The van der Waals surface area contributed by atoms with E-state index < -0.39 is 5.60 Å². The molecule has 1 atom stereocenters. The Morgan fingerprint density at radius 3 is 2.87 bits per heavy atom. The molecule has 1 rings (SSSR count). The predicted molar refractivity (Wildman–Crippen MR) is 58.2 cm³/mol. The van der Waals surface area contributed by atoms with Crippen molar-refractivity contribution in [3.8, 4) is 0 Å². The minimum absolute atomic E-state index is 0.315. The lowest BCUT2D eigenvalue weighted by Gasteiger charge is -2.27. The Hall–Kier alpha value is -1.64. The number of aromatic nitrogens is 1. The van der Waals surface area contributed by atoms with E-state index in [0.29, 0.717) is 6.42 Å². The standard InChI is InChI=1S/C12H15NO2/c1-4-8-12(3,15-10(2)14)11-7-5-6-9-13-11/h4-7,9H,1,8H2,2-3H3. The number of carbonyl (C=O) groups is 1. The first-order valence-electron chi connectivity index (χ1n) is 4.80. The second-order valence-electron chi connectivity index (χ2n) is 3.53. The maximum atomic E-state index is 11.0. The topological polar surface area (TPSA) is 39.2 Å². The van der Waals surface area contributed by atoms with E-state index in [0.717, 1.165) is 5.69 Å². The first-order chi connectivity index (χ1) is 7.08. The molecule has 0 bridgehead atoms. The summed E-state index contributed by atoms with van der Waals surface area (Å²) < 4.78 is 5.29. The average Bonchev–Trinajstić information content (AvgIpc) is 2.18. The Balaban J connectivity index is 3.00. The van der Waals surface area contributed by atoms with Gasteiger partial charge >= 0.3 is 5.97 Å². The van der Waals surface area contributed by atoms with E-state index in [1.165, 1.54) is 6.92 Å². The minimum Gasteiger partial charge on any atom is -0.453 e. The van der Waals surface area contributed by atoms with Gasteiger partial charge in [0.15, 0.2) is 5.60 Å². The molecule has 1 aromatic rings. The highest BCUT2D eigenvalue weighted by molar-refractivity contribution is 5.66. The molecule has 80 valence electrons. The number of ether oxygens (including phenoxy) is 1. The Morgan fingerprint density at radius 1 is 1.67 bits per heavy atom. The first kappa shape index (κ1) is 11.4. The Morgan fingerprint density at radius 2 is 2.40 bits per heavy atom. The highest BCUT2D eigenvalue weighted by atomic mass is 16.6. The van der Waals surface area contributed by atoms with Crippen LogP contribution in [0.3, 0.4) is 0 Å². The largest absolute Gasteiger partial charge is 0.453 e. The highest BCUT2D eigenvalue weighted by Gasteiger charge is 2.29. The van der Waals surface area contributed by atoms with Crippen LogP contribution in [-0.2, 0) is 15.1 Å². The Kier molecular flexibility index (Phi) is 3.61. The molecule has 0 saturated heterocycles. The summed E-state index contributed by atoms with van der Waals surface area (Å²) in [5, 5.41) is 0. The molecule has 0 N–H and O–H groups in total. The van der Waals surface area contributed by atoms with E-state index in [-0.39, 0.29) is 5.97 Å². The molecule has 0 spiro atoms. The van der Waals surface area contributed by atoms with Crippen LogP contribution in [0, 0.1) is 0 Å². The third-order valence-corrected chi connectivity index (χ3v) is 2.11. The molecule has 1 aromatic heterocycles. The van der Waals surface area contributed by atoms with E-state index in [1.807, 2.05) is 25.1 Å². The van der Waals surface area contributed by atoms with Crippen LogP contribution in [0.2, 0.25) is 0 Å². The Bertz CT molecular complexity index is 348. The van der Waals surface area contributed by atoms with Crippen molar-refractivity contribution in [3.05, 3.63) is 42.7 Å². The highest BCUT2D eigenvalue weighted by Crippen LogP contribution is 2.27. The summed E-state index contributed by atoms with van der Waals surface area (Å²) >= 11 is 0. The molecule has 0 saturated carbocycles. The van der Waals surface area contributed by atoms with E-state index in [4.69, 9.17) is 4.74 Å². The molecule has 3 nitrogen and oxygen atoms in total. The van der Waals surface area contributed by atoms with Crippen molar-refractivity contribution in [2.45, 2.75) is 25.9 Å². The lowest BCUT2D eigenvalue weighted by atomic mass is 9.97. The summed E-state index contributed by atoms with van der Waals surface area (Å²) in [5.41, 5.74) is 0.0228. The Labute approximate surface area is 89.8 Å². The quantitative estimate of drug-likeness (QED) is 0.559. The van der Waals surface area contributed by atoms with Crippen molar-refractivity contribution in [2.75, 3.05) is 0 Å². The normalized spacial score (nSPS) is 14.0. The van der Waals surface area contributed by atoms with Gasteiger partial charge < -0.3 is 4.74 Å². The van der Waals surface area contributed by atoms with Crippen LogP contribution in [0.1, 0.15) is 26.0 Å². The van der Waals surface area contributed by atoms with Crippen LogP contribution >= 0.6 is 0 Å². The summed E-state index contributed by atoms with van der Waals surface area (Å²) in [7, 11) is 0. The van der Waals surface area contributed by atoms with Gasteiger partial charge in [-0.25, -0.2) is 0 Å². The van der Waals surface area contributed by atoms with Gasteiger partial charge in [-0.1, -0.05) is 12.1 Å². The molecule has 1 heterocycles. The van der Waals surface area contributed by atoms with Gasteiger partial charge in [-0.2, -0.15) is 0 Å². The zero-order valence-corrected chi connectivity index (χ0v) is 9.06. The molecule has 0 fully saturated rings. The number of esters is 1. The van der Waals surface area contributed by atoms with Gasteiger partial charge in [-0.15, -0.1) is 6.58 Å². The summed E-state index contributed by atoms with van der Waals surface area (Å²) in [5.74, 6) is -0.315. The summed E-state index contributed by atoms with van der Waals surface area (Å²) in [6.45, 7) is 6.88. The molecular weight excluding hydrogens is 190 g/mol. The number of pyridine rings is 1. The SMILES string of the molecule is C=CCC(C)(OC(C)=O)c1ccccn1. The van der Waals surface area contributed by atoms with Crippen molar-refractivity contribution >= 4 is 5.97 Å². The monoisotopic (exact) mass is 205 g/mol. The summed E-state index contributed by atoms with van der Waals surface area (Å²) in [6, 6.07) is 5.53. The van der Waals surface area contributed by atoms with Gasteiger partial charge in [0, 0.05) is 19.5 Å². The smallest absolute Gasteiger partial charge is 0.303 e. The number of hydrogen-bond acceptors (Lipinski definition) is 3. The molecule has 0 amide bonds. The molecule has 1 unspecified atom stereocenters. The molecule has 0 aromatic carbocycles. The van der Waals surface area contributed by atoms with Crippen LogP contribution < -0.4 is 0 Å². The second kappa shape index (κ2) is 4.73. The molecule has 0 aliphatic rings. The maximum absolute atomic E-state index is 11.0. The van der Waals surface area contributed by atoms with Gasteiger partial charge in [0.25, 0.3) is 0 Å². The summed E-state index contributed by atoms with van der Waals surface area (Å²) in [4.78, 5) is 15.2. The molecule has 0 aliphatic carbocycles. The third kappa shape index (κ3) is 2.91. The van der Waals surface area contributed by atoms with Crippen LogP contribution in [0.25, 0.3) is 0 Å². The van der Waals surface area contributed by atoms with Gasteiger partial charge in [0.2, 0.25) is 0 Å². The fourth-order valence-corrected chi connectivity index (χ4v) is 1.47. The molecule has 0 aliphatic heterocycles. The summed E-state index contributed by atoms with van der Waals surface area (Å²) in [6.07, 6.45) is 3.95. The lowest BCUT2D eigenvalue weighted by Crippen LogP contribution is -2.28. The zero-order valence-electron chi connectivity index (χ0n) is 9.06. The molecule has 0 radical (unpaired) electrons. The van der Waals surface area contributed by atoms with Crippen LogP contribution in [-0.4, -0.2) is 11.0 Å². The minimum atomic E-state index is -0.713. The van der Waals surface area contributed by atoms with E-state index >= 15 is 0 Å². The second-order valence-corrected chi connectivity index (χ2v) is 3.53. The number of rotatable bonds is 4. The fraction of sp³-hybridized carbons (Fsp3) is 0.333. The van der Waals surface area contributed by atoms with Gasteiger partial charge in [0.05, 0.1) is 5.69 Å². The van der Waals surface area contributed by atoms with Crippen molar-refractivity contribution in [2.24, 2.45) is 0 Å². The third-order valence-electron chi connectivity index (χ3n) is 2.11. The van der Waals surface area contributed by atoms with Crippen molar-refractivity contribution < 1.29 is 9.53 Å². The van der Waals surface area contributed by atoms with Crippen LogP contribution in [0.15, 0.2) is 37.1 Å². The van der Waals surface area contributed by atoms with Gasteiger partial charge in [-0.3, -0.25) is 9.78 Å². The fourth-order valence-electron chi connectivity index (χ4n) is 1.47. The van der Waals surface area contributed by atoms with Gasteiger partial charge in [-0.05, 0) is 19.1 Å².